The fourth-order valence-corrected chi connectivity index (χ4v) is 2.68. The lowest BCUT2D eigenvalue weighted by Crippen LogP contribution is -2.36. The van der Waals surface area contributed by atoms with Crippen LogP contribution in [0, 0.1) is 0 Å². The second-order valence-electron chi connectivity index (χ2n) is 6.01. The van der Waals surface area contributed by atoms with E-state index < -0.39 is 18.5 Å². The smallest absolute Gasteiger partial charge is 0.435 e. The Morgan fingerprint density at radius 2 is 1.84 bits per heavy atom. The van der Waals surface area contributed by atoms with Crippen molar-refractivity contribution in [3.63, 3.8) is 0 Å². The third-order valence-corrected chi connectivity index (χ3v) is 3.86. The van der Waals surface area contributed by atoms with E-state index in [-0.39, 0.29) is 66.7 Å². The number of alkyl halides is 5. The summed E-state index contributed by atoms with van der Waals surface area (Å²) in [6.07, 6.45) is -3.33. The molecule has 0 saturated carbocycles. The lowest BCUT2D eigenvalue weighted by Gasteiger charge is -2.17. The minimum atomic E-state index is -4.59. The highest BCUT2D eigenvalue weighted by molar-refractivity contribution is 14.0. The Hall–Kier alpha value is -2.32. The number of hydrogen-bond acceptors (Lipinski definition) is 4. The van der Waals surface area contributed by atoms with E-state index in [9.17, 15) is 22.0 Å². The van der Waals surface area contributed by atoms with Gasteiger partial charge in [-0.2, -0.15) is 27.1 Å². The molecular weight excluding hydrogens is 540 g/mol. The van der Waals surface area contributed by atoms with Gasteiger partial charge in [-0.25, -0.2) is 0 Å². The molecule has 1 heterocycles. The average Bonchev–Trinajstić information content (AvgIpc) is 3.05. The molecule has 0 aliphatic heterocycles. The highest BCUT2D eigenvalue weighted by Crippen LogP contribution is 2.33. The molecular formula is C18H23F5IN5O2. The first-order chi connectivity index (χ1) is 14.2. The molecule has 0 atom stereocenters. The number of aryl methyl sites for hydroxylation is 1. The van der Waals surface area contributed by atoms with Crippen molar-refractivity contribution >= 4 is 29.9 Å². The summed E-state index contributed by atoms with van der Waals surface area (Å²) in [6.45, 7) is -1.26. The summed E-state index contributed by atoms with van der Waals surface area (Å²) in [6, 6.07) is 4.67. The zero-order valence-corrected chi connectivity index (χ0v) is 19.3. The van der Waals surface area contributed by atoms with E-state index in [1.807, 2.05) is 0 Å². The first-order valence-electron chi connectivity index (χ1n) is 8.89. The van der Waals surface area contributed by atoms with Gasteiger partial charge in [0.25, 0.3) is 0 Å². The fourth-order valence-electron chi connectivity index (χ4n) is 2.68. The van der Waals surface area contributed by atoms with Gasteiger partial charge in [-0.1, -0.05) is 12.1 Å². The molecule has 0 aliphatic rings. The molecule has 0 fully saturated rings. The van der Waals surface area contributed by atoms with E-state index in [0.29, 0.717) is 5.56 Å². The van der Waals surface area contributed by atoms with Crippen molar-refractivity contribution in [3.05, 3.63) is 41.2 Å². The molecule has 31 heavy (non-hydrogen) atoms. The van der Waals surface area contributed by atoms with Crippen LogP contribution in [-0.2, 0) is 26.3 Å². The summed E-state index contributed by atoms with van der Waals surface area (Å²) in [4.78, 5) is 3.93. The molecule has 0 amide bonds. The van der Waals surface area contributed by atoms with Crippen LogP contribution in [0.3, 0.4) is 0 Å². The number of para-hydroxylation sites is 1. The number of aliphatic imine (C=N–C) groups is 1. The van der Waals surface area contributed by atoms with Gasteiger partial charge in [-0.05, 0) is 13.0 Å². The fraction of sp³-hybridized carbons (Fsp3) is 0.444. The SMILES string of the molecule is CCOc1cccc(CNC(=NC)NCc2cn(C)nc2C(F)(F)F)c1OC(F)F.I. The summed E-state index contributed by atoms with van der Waals surface area (Å²) < 4.78 is 75.7. The molecule has 0 saturated heterocycles. The van der Waals surface area contributed by atoms with Crippen LogP contribution in [-0.4, -0.2) is 36.0 Å². The van der Waals surface area contributed by atoms with Crippen molar-refractivity contribution < 1.29 is 31.4 Å². The van der Waals surface area contributed by atoms with Crippen LogP contribution in [0.1, 0.15) is 23.7 Å². The van der Waals surface area contributed by atoms with Crippen LogP contribution in [0.25, 0.3) is 0 Å². The number of nitrogens with zero attached hydrogens (tertiary/aromatic N) is 3. The standard InChI is InChI=1S/C18H22F5N5O2.HI/c1-4-29-13-7-5-6-11(14(13)30-16(19)20)8-25-17(24-2)26-9-12-10-28(3)27-15(12)18(21,22)23;/h5-7,10,16H,4,8-9H2,1-3H3,(H2,24,25,26);1H. The number of aromatic nitrogens is 2. The van der Waals surface area contributed by atoms with E-state index in [1.54, 1.807) is 19.1 Å². The first kappa shape index (κ1) is 26.7. The number of nitrogens with one attached hydrogen (secondary N) is 2. The molecule has 1 aromatic heterocycles. The van der Waals surface area contributed by atoms with Crippen molar-refractivity contribution in [2.75, 3.05) is 13.7 Å². The topological polar surface area (TPSA) is 72.7 Å². The molecule has 2 N–H and O–H groups in total. The van der Waals surface area contributed by atoms with Gasteiger partial charge in [-0.15, -0.1) is 24.0 Å². The normalized spacial score (nSPS) is 11.8. The largest absolute Gasteiger partial charge is 0.490 e. The van der Waals surface area contributed by atoms with E-state index in [4.69, 9.17) is 4.74 Å². The Morgan fingerprint density at radius 3 is 2.39 bits per heavy atom. The Morgan fingerprint density at radius 1 is 1.19 bits per heavy atom. The highest BCUT2D eigenvalue weighted by Gasteiger charge is 2.36. The minimum Gasteiger partial charge on any atom is -0.490 e. The number of hydrogen-bond donors (Lipinski definition) is 2. The van der Waals surface area contributed by atoms with Gasteiger partial charge >= 0.3 is 12.8 Å². The molecule has 0 radical (unpaired) electrons. The number of guanidine groups is 1. The van der Waals surface area contributed by atoms with Crippen LogP contribution in [0.15, 0.2) is 29.4 Å². The number of rotatable bonds is 8. The van der Waals surface area contributed by atoms with Crippen molar-refractivity contribution in [3.8, 4) is 11.5 Å². The van der Waals surface area contributed by atoms with Crippen molar-refractivity contribution in [2.24, 2.45) is 12.0 Å². The van der Waals surface area contributed by atoms with Crippen LogP contribution >= 0.6 is 24.0 Å². The third kappa shape index (κ3) is 7.70. The molecule has 0 spiro atoms. The molecule has 13 heteroatoms. The molecule has 0 aliphatic carbocycles. The molecule has 7 nitrogen and oxygen atoms in total. The summed E-state index contributed by atoms with van der Waals surface area (Å²) in [5.41, 5.74) is -0.695. The van der Waals surface area contributed by atoms with Crippen LogP contribution in [0.4, 0.5) is 22.0 Å². The molecule has 0 unspecified atom stereocenters. The van der Waals surface area contributed by atoms with Gasteiger partial charge in [0.05, 0.1) is 6.61 Å². The Labute approximate surface area is 193 Å². The minimum absolute atomic E-state index is 0. The maximum Gasteiger partial charge on any atom is 0.435 e. The number of halogens is 6. The van der Waals surface area contributed by atoms with Crippen molar-refractivity contribution in [1.82, 2.24) is 20.4 Å². The quantitative estimate of drug-likeness (QED) is 0.221. The lowest BCUT2D eigenvalue weighted by atomic mass is 10.2. The van der Waals surface area contributed by atoms with Gasteiger partial charge in [0.1, 0.15) is 0 Å². The van der Waals surface area contributed by atoms with Gasteiger partial charge in [0, 0.05) is 44.5 Å². The summed E-state index contributed by atoms with van der Waals surface area (Å²) in [7, 11) is 2.82. The lowest BCUT2D eigenvalue weighted by molar-refractivity contribution is -0.142. The highest BCUT2D eigenvalue weighted by atomic mass is 127. The maximum absolute atomic E-state index is 13.1. The van der Waals surface area contributed by atoms with E-state index in [2.05, 4.69) is 25.5 Å². The third-order valence-electron chi connectivity index (χ3n) is 3.86. The molecule has 2 aromatic rings. The van der Waals surface area contributed by atoms with Crippen molar-refractivity contribution in [2.45, 2.75) is 32.8 Å². The average molecular weight is 563 g/mol. The predicted molar refractivity (Wildman–Crippen MR) is 115 cm³/mol. The predicted octanol–water partition coefficient (Wildman–Crippen LogP) is 3.92. The molecule has 1 aromatic carbocycles. The molecule has 0 bridgehead atoms. The van der Waals surface area contributed by atoms with Gasteiger partial charge < -0.3 is 20.1 Å². The van der Waals surface area contributed by atoms with Gasteiger partial charge in [0.2, 0.25) is 0 Å². The molecule has 174 valence electrons. The first-order valence-corrected chi connectivity index (χ1v) is 8.89. The van der Waals surface area contributed by atoms with E-state index >= 15 is 0 Å². The van der Waals surface area contributed by atoms with E-state index in [1.165, 1.54) is 26.4 Å². The molecule has 2 rings (SSSR count). The summed E-state index contributed by atoms with van der Waals surface area (Å²) in [5, 5.41) is 9.04. The van der Waals surface area contributed by atoms with E-state index in [0.717, 1.165) is 4.68 Å². The van der Waals surface area contributed by atoms with Crippen molar-refractivity contribution in [1.29, 1.82) is 0 Å². The summed E-state index contributed by atoms with van der Waals surface area (Å²) in [5.74, 6) is 0.200. The number of ether oxygens (including phenoxy) is 2. The Kier molecular flexibility index (Phi) is 10.3. The number of benzene rings is 1. The van der Waals surface area contributed by atoms with Crippen LogP contribution in [0.5, 0.6) is 11.5 Å². The van der Waals surface area contributed by atoms with Gasteiger partial charge in [-0.3, -0.25) is 9.67 Å². The Balaban J connectivity index is 0.00000480. The van der Waals surface area contributed by atoms with Gasteiger partial charge in [0.15, 0.2) is 23.2 Å². The Bertz CT molecular complexity index is 874. The second kappa shape index (κ2) is 11.9. The second-order valence-corrected chi connectivity index (χ2v) is 6.01. The van der Waals surface area contributed by atoms with Crippen LogP contribution < -0.4 is 20.1 Å². The summed E-state index contributed by atoms with van der Waals surface area (Å²) >= 11 is 0. The maximum atomic E-state index is 13.1. The zero-order valence-electron chi connectivity index (χ0n) is 17.0. The monoisotopic (exact) mass is 563 g/mol. The zero-order chi connectivity index (χ0) is 22.3. The van der Waals surface area contributed by atoms with Crippen LogP contribution in [0.2, 0.25) is 0 Å².